The van der Waals surface area contributed by atoms with Gasteiger partial charge < -0.3 is 10.3 Å². The molecule has 0 aliphatic heterocycles. The average molecular weight is 323 g/mol. The second-order valence-electron chi connectivity index (χ2n) is 4.03. The number of nitrogens with two attached hydrogens (primary N) is 1. The molecule has 0 fully saturated rings. The molecule has 0 saturated carbocycles. The van der Waals surface area contributed by atoms with Crippen LogP contribution in [0.2, 0.25) is 0 Å². The highest BCUT2D eigenvalue weighted by atomic mass is 79.9. The summed E-state index contributed by atoms with van der Waals surface area (Å²) in [6.07, 6.45) is 1.89. The van der Waals surface area contributed by atoms with Gasteiger partial charge >= 0.3 is 0 Å². The van der Waals surface area contributed by atoms with E-state index in [2.05, 4.69) is 25.9 Å². The number of fused-ring (bicyclic) bond motifs is 1. The van der Waals surface area contributed by atoms with Gasteiger partial charge in [0.15, 0.2) is 0 Å². The zero-order valence-electron chi connectivity index (χ0n) is 9.72. The van der Waals surface area contributed by atoms with Gasteiger partial charge in [0.2, 0.25) is 5.95 Å². The van der Waals surface area contributed by atoms with E-state index >= 15 is 0 Å². The van der Waals surface area contributed by atoms with Crippen molar-refractivity contribution in [3.05, 3.63) is 38.8 Å². The van der Waals surface area contributed by atoms with Crippen molar-refractivity contribution in [2.75, 3.05) is 5.73 Å². The third kappa shape index (κ3) is 2.02. The molecule has 18 heavy (non-hydrogen) atoms. The first-order valence-electron chi connectivity index (χ1n) is 5.46. The van der Waals surface area contributed by atoms with Gasteiger partial charge in [-0.3, -0.25) is 0 Å². The summed E-state index contributed by atoms with van der Waals surface area (Å²) >= 11 is 5.12. The monoisotopic (exact) mass is 322 g/mol. The third-order valence-electron chi connectivity index (χ3n) is 2.72. The van der Waals surface area contributed by atoms with E-state index in [1.54, 1.807) is 11.3 Å². The molecule has 0 aliphatic rings. The first-order chi connectivity index (χ1) is 8.63. The summed E-state index contributed by atoms with van der Waals surface area (Å²) in [5, 5.41) is 1.07. The Hall–Kier alpha value is -1.40. The number of hydrogen-bond acceptors (Lipinski definition) is 4. The lowest BCUT2D eigenvalue weighted by atomic mass is 10.3. The molecule has 4 nitrogen and oxygen atoms in total. The molecule has 0 aliphatic carbocycles. The van der Waals surface area contributed by atoms with E-state index in [1.165, 1.54) is 4.88 Å². The third-order valence-corrected chi connectivity index (χ3v) is 4.11. The molecule has 1 aromatic carbocycles. The van der Waals surface area contributed by atoms with E-state index in [-0.39, 0.29) is 0 Å². The SMILES string of the molecule is Cc1ncc(Cn2c(N)nc3cc(Br)ccc32)s1. The molecule has 2 N–H and O–H groups in total. The fourth-order valence-corrected chi connectivity index (χ4v) is 3.05. The number of aryl methyl sites for hydroxylation is 1. The van der Waals surface area contributed by atoms with Crippen molar-refractivity contribution in [2.45, 2.75) is 13.5 Å². The van der Waals surface area contributed by atoms with Crippen molar-refractivity contribution in [3.63, 3.8) is 0 Å². The number of rotatable bonds is 2. The lowest BCUT2D eigenvalue weighted by molar-refractivity contribution is 0.850. The summed E-state index contributed by atoms with van der Waals surface area (Å²) in [5.41, 5.74) is 7.93. The van der Waals surface area contributed by atoms with E-state index in [1.807, 2.05) is 35.9 Å². The number of imidazole rings is 1. The fourth-order valence-electron chi connectivity index (χ4n) is 1.92. The van der Waals surface area contributed by atoms with Crippen LogP contribution in [0.15, 0.2) is 28.9 Å². The summed E-state index contributed by atoms with van der Waals surface area (Å²) in [6, 6.07) is 5.99. The van der Waals surface area contributed by atoms with Gasteiger partial charge in [-0.2, -0.15) is 0 Å². The molecule has 3 rings (SSSR count). The number of anilines is 1. The van der Waals surface area contributed by atoms with E-state index in [0.29, 0.717) is 5.95 Å². The second kappa shape index (κ2) is 4.37. The number of halogens is 1. The van der Waals surface area contributed by atoms with E-state index in [9.17, 15) is 0 Å². The maximum Gasteiger partial charge on any atom is 0.201 e. The molecule has 0 unspecified atom stereocenters. The molecular weight excluding hydrogens is 312 g/mol. The van der Waals surface area contributed by atoms with Crippen molar-refractivity contribution in [1.29, 1.82) is 0 Å². The number of aromatic nitrogens is 3. The fraction of sp³-hybridized carbons (Fsp3) is 0.167. The summed E-state index contributed by atoms with van der Waals surface area (Å²) < 4.78 is 3.02. The minimum Gasteiger partial charge on any atom is -0.369 e. The van der Waals surface area contributed by atoms with E-state index in [0.717, 1.165) is 27.1 Å². The highest BCUT2D eigenvalue weighted by Gasteiger charge is 2.10. The number of thiazole rings is 1. The van der Waals surface area contributed by atoms with Crippen LogP contribution < -0.4 is 5.73 Å². The quantitative estimate of drug-likeness (QED) is 0.788. The van der Waals surface area contributed by atoms with Gasteiger partial charge in [0.25, 0.3) is 0 Å². The van der Waals surface area contributed by atoms with Gasteiger partial charge in [0.1, 0.15) is 0 Å². The Morgan fingerprint density at radius 3 is 3.00 bits per heavy atom. The van der Waals surface area contributed by atoms with Gasteiger partial charge in [0.05, 0.1) is 22.6 Å². The zero-order chi connectivity index (χ0) is 12.7. The van der Waals surface area contributed by atoms with Crippen LogP contribution in [0.3, 0.4) is 0 Å². The number of hydrogen-bond donors (Lipinski definition) is 1. The Morgan fingerprint density at radius 2 is 2.28 bits per heavy atom. The lowest BCUT2D eigenvalue weighted by Gasteiger charge is -2.03. The largest absolute Gasteiger partial charge is 0.369 e. The minimum atomic E-state index is 0.536. The van der Waals surface area contributed by atoms with Crippen LogP contribution in [-0.4, -0.2) is 14.5 Å². The normalized spacial score (nSPS) is 11.2. The van der Waals surface area contributed by atoms with Gasteiger partial charge in [-0.25, -0.2) is 9.97 Å². The first-order valence-corrected chi connectivity index (χ1v) is 7.07. The summed E-state index contributed by atoms with van der Waals surface area (Å²) in [6.45, 7) is 2.72. The van der Waals surface area contributed by atoms with Crippen molar-refractivity contribution < 1.29 is 0 Å². The molecule has 2 aromatic heterocycles. The number of nitrogen functional groups attached to an aromatic ring is 1. The van der Waals surface area contributed by atoms with E-state index in [4.69, 9.17) is 5.73 Å². The number of benzene rings is 1. The summed E-state index contributed by atoms with van der Waals surface area (Å²) in [7, 11) is 0. The minimum absolute atomic E-state index is 0.536. The van der Waals surface area contributed by atoms with Crippen LogP contribution in [0.25, 0.3) is 11.0 Å². The van der Waals surface area contributed by atoms with Crippen LogP contribution in [0, 0.1) is 6.92 Å². The van der Waals surface area contributed by atoms with Crippen LogP contribution in [-0.2, 0) is 6.54 Å². The lowest BCUT2D eigenvalue weighted by Crippen LogP contribution is -2.03. The highest BCUT2D eigenvalue weighted by molar-refractivity contribution is 9.10. The summed E-state index contributed by atoms with van der Waals surface area (Å²) in [5.74, 6) is 0.536. The molecule has 0 saturated heterocycles. The Balaban J connectivity index is 2.08. The molecular formula is C12H11BrN4S. The molecule has 3 aromatic rings. The average Bonchev–Trinajstić information content (AvgIpc) is 2.84. The van der Waals surface area contributed by atoms with Gasteiger partial charge in [-0.1, -0.05) is 15.9 Å². The Labute approximate surface area is 117 Å². The summed E-state index contributed by atoms with van der Waals surface area (Å²) in [4.78, 5) is 9.81. The van der Waals surface area contributed by atoms with E-state index < -0.39 is 0 Å². The molecule has 0 bridgehead atoms. The first kappa shape index (κ1) is 11.7. The van der Waals surface area contributed by atoms with Crippen LogP contribution in [0.1, 0.15) is 9.88 Å². The Bertz CT molecular complexity index is 716. The van der Waals surface area contributed by atoms with Crippen molar-refractivity contribution in [2.24, 2.45) is 0 Å². The molecule has 92 valence electrons. The predicted octanol–water partition coefficient (Wildman–Crippen LogP) is 3.19. The second-order valence-corrected chi connectivity index (χ2v) is 6.27. The molecule has 6 heteroatoms. The maximum absolute atomic E-state index is 5.98. The van der Waals surface area contributed by atoms with Crippen molar-refractivity contribution >= 4 is 44.2 Å². The molecule has 0 spiro atoms. The van der Waals surface area contributed by atoms with Gasteiger partial charge in [0, 0.05) is 15.5 Å². The molecule has 0 radical (unpaired) electrons. The number of nitrogens with zero attached hydrogens (tertiary/aromatic N) is 3. The van der Waals surface area contributed by atoms with Crippen LogP contribution >= 0.6 is 27.3 Å². The topological polar surface area (TPSA) is 56.7 Å². The molecule has 0 atom stereocenters. The molecule has 0 amide bonds. The Morgan fingerprint density at radius 1 is 1.44 bits per heavy atom. The predicted molar refractivity (Wildman–Crippen MR) is 77.8 cm³/mol. The van der Waals surface area contributed by atoms with Crippen LogP contribution in [0.5, 0.6) is 0 Å². The molecule has 2 heterocycles. The van der Waals surface area contributed by atoms with Gasteiger partial charge in [-0.05, 0) is 25.1 Å². The van der Waals surface area contributed by atoms with Crippen molar-refractivity contribution in [3.8, 4) is 0 Å². The Kier molecular flexibility index (Phi) is 2.83. The van der Waals surface area contributed by atoms with Gasteiger partial charge in [-0.15, -0.1) is 11.3 Å². The van der Waals surface area contributed by atoms with Crippen LogP contribution in [0.4, 0.5) is 5.95 Å². The van der Waals surface area contributed by atoms with Crippen molar-refractivity contribution in [1.82, 2.24) is 14.5 Å². The zero-order valence-corrected chi connectivity index (χ0v) is 12.1. The maximum atomic E-state index is 5.98. The standard InChI is InChI=1S/C12H11BrN4S/c1-7-15-5-9(18-7)6-17-11-3-2-8(13)4-10(11)16-12(17)14/h2-5H,6H2,1H3,(H2,14,16). The smallest absolute Gasteiger partial charge is 0.201 e. The highest BCUT2D eigenvalue weighted by Crippen LogP contribution is 2.24.